The van der Waals surface area contributed by atoms with E-state index in [9.17, 15) is 0 Å². The molecule has 2 heteroatoms. The predicted octanol–water partition coefficient (Wildman–Crippen LogP) is 3.62. The van der Waals surface area contributed by atoms with Crippen LogP contribution >= 0.6 is 0 Å². The van der Waals surface area contributed by atoms with Crippen LogP contribution in [0.4, 0.5) is 0 Å². The first-order chi connectivity index (χ1) is 9.36. The van der Waals surface area contributed by atoms with Crippen LogP contribution < -0.4 is 11.5 Å². The average Bonchev–Trinajstić information content (AvgIpc) is 2.34. The molecular formula is C18H24N2. The maximum absolute atomic E-state index is 6.38. The summed E-state index contributed by atoms with van der Waals surface area (Å²) in [5.74, 6) is 0. The number of aryl methyl sites for hydroxylation is 4. The minimum Gasteiger partial charge on any atom is -0.322 e. The van der Waals surface area contributed by atoms with Gasteiger partial charge in [-0.3, -0.25) is 0 Å². The van der Waals surface area contributed by atoms with Gasteiger partial charge in [0.15, 0.2) is 0 Å². The number of hydrogen-bond donors (Lipinski definition) is 2. The van der Waals surface area contributed by atoms with E-state index in [1.54, 1.807) is 0 Å². The van der Waals surface area contributed by atoms with Gasteiger partial charge in [-0.15, -0.1) is 0 Å². The Balaban J connectivity index is 2.34. The highest BCUT2D eigenvalue weighted by Crippen LogP contribution is 2.27. The normalized spacial score (nSPS) is 14.1. The summed E-state index contributed by atoms with van der Waals surface area (Å²) in [7, 11) is 0. The van der Waals surface area contributed by atoms with Gasteiger partial charge < -0.3 is 11.5 Å². The quantitative estimate of drug-likeness (QED) is 0.893. The molecule has 0 saturated heterocycles. The topological polar surface area (TPSA) is 52.0 Å². The molecule has 20 heavy (non-hydrogen) atoms. The van der Waals surface area contributed by atoms with Crippen LogP contribution in [0.15, 0.2) is 36.4 Å². The zero-order valence-electron chi connectivity index (χ0n) is 12.8. The molecule has 0 fully saturated rings. The molecule has 2 aromatic carbocycles. The second-order valence-electron chi connectivity index (χ2n) is 5.89. The largest absolute Gasteiger partial charge is 0.322 e. The van der Waals surface area contributed by atoms with Crippen molar-refractivity contribution in [1.82, 2.24) is 0 Å². The first-order valence-electron chi connectivity index (χ1n) is 7.04. The highest BCUT2D eigenvalue weighted by molar-refractivity contribution is 5.36. The molecule has 0 radical (unpaired) electrons. The monoisotopic (exact) mass is 268 g/mol. The van der Waals surface area contributed by atoms with Crippen molar-refractivity contribution in [2.24, 2.45) is 11.5 Å². The van der Waals surface area contributed by atoms with Crippen LogP contribution in [0.1, 0.15) is 45.5 Å². The van der Waals surface area contributed by atoms with E-state index in [1.807, 2.05) is 0 Å². The molecule has 4 N–H and O–H groups in total. The van der Waals surface area contributed by atoms with Gasteiger partial charge in [0, 0.05) is 12.1 Å². The minimum atomic E-state index is -0.185. The fraction of sp³-hybridized carbons (Fsp3) is 0.333. The summed E-state index contributed by atoms with van der Waals surface area (Å²) in [6, 6.07) is 12.4. The van der Waals surface area contributed by atoms with E-state index in [0.717, 1.165) is 11.1 Å². The van der Waals surface area contributed by atoms with Gasteiger partial charge in [-0.05, 0) is 38.8 Å². The van der Waals surface area contributed by atoms with Gasteiger partial charge in [-0.25, -0.2) is 0 Å². The van der Waals surface area contributed by atoms with Gasteiger partial charge in [-0.1, -0.05) is 58.7 Å². The Morgan fingerprint density at radius 2 is 0.800 bits per heavy atom. The predicted molar refractivity (Wildman–Crippen MR) is 85.7 cm³/mol. The lowest BCUT2D eigenvalue weighted by Gasteiger charge is -2.22. The third-order valence-corrected chi connectivity index (χ3v) is 3.64. The molecular weight excluding hydrogens is 244 g/mol. The lowest BCUT2D eigenvalue weighted by Crippen LogP contribution is -2.26. The molecule has 0 bridgehead atoms. The Bertz CT molecular complexity index is 521. The van der Waals surface area contributed by atoms with Crippen molar-refractivity contribution in [3.63, 3.8) is 0 Å². The van der Waals surface area contributed by atoms with Crippen LogP contribution in [-0.2, 0) is 0 Å². The van der Waals surface area contributed by atoms with Crippen molar-refractivity contribution < 1.29 is 0 Å². The van der Waals surface area contributed by atoms with Crippen LogP contribution in [0, 0.1) is 27.7 Å². The van der Waals surface area contributed by atoms with E-state index < -0.39 is 0 Å². The van der Waals surface area contributed by atoms with E-state index in [4.69, 9.17) is 11.5 Å². The molecule has 0 heterocycles. The van der Waals surface area contributed by atoms with Crippen LogP contribution in [0.2, 0.25) is 0 Å². The fourth-order valence-corrected chi connectivity index (χ4v) is 2.82. The van der Waals surface area contributed by atoms with Crippen LogP contribution in [0.3, 0.4) is 0 Å². The lowest BCUT2D eigenvalue weighted by molar-refractivity contribution is 0.573. The van der Waals surface area contributed by atoms with Crippen molar-refractivity contribution >= 4 is 0 Å². The van der Waals surface area contributed by atoms with Crippen molar-refractivity contribution in [3.8, 4) is 0 Å². The first-order valence-corrected chi connectivity index (χ1v) is 7.04. The van der Waals surface area contributed by atoms with Gasteiger partial charge >= 0.3 is 0 Å². The van der Waals surface area contributed by atoms with Gasteiger partial charge in [0.25, 0.3) is 0 Å². The van der Waals surface area contributed by atoms with Gasteiger partial charge in [0.1, 0.15) is 0 Å². The smallest absolute Gasteiger partial charge is 0.0491 e. The molecule has 2 atom stereocenters. The Kier molecular flexibility index (Phi) is 4.26. The van der Waals surface area contributed by atoms with Gasteiger partial charge in [-0.2, -0.15) is 0 Å². The zero-order chi connectivity index (χ0) is 14.9. The number of nitrogens with two attached hydrogens (primary N) is 2. The van der Waals surface area contributed by atoms with E-state index in [0.29, 0.717) is 0 Å². The molecule has 0 unspecified atom stereocenters. The molecule has 106 valence electrons. The molecule has 2 nitrogen and oxygen atoms in total. The highest BCUT2D eigenvalue weighted by Gasteiger charge is 2.18. The van der Waals surface area contributed by atoms with Crippen molar-refractivity contribution in [2.75, 3.05) is 0 Å². The Morgan fingerprint density at radius 3 is 1.05 bits per heavy atom. The summed E-state index contributed by atoms with van der Waals surface area (Å²) >= 11 is 0. The summed E-state index contributed by atoms with van der Waals surface area (Å²) in [6.07, 6.45) is 0. The molecule has 2 rings (SSSR count). The molecule has 0 aromatic heterocycles. The second kappa shape index (κ2) is 5.78. The second-order valence-corrected chi connectivity index (χ2v) is 5.89. The summed E-state index contributed by atoms with van der Waals surface area (Å²) < 4.78 is 0. The van der Waals surface area contributed by atoms with E-state index in [-0.39, 0.29) is 12.1 Å². The number of rotatable bonds is 3. The number of hydrogen-bond acceptors (Lipinski definition) is 2. The first kappa shape index (κ1) is 14.8. The summed E-state index contributed by atoms with van der Waals surface area (Å²) in [6.45, 7) is 8.36. The molecule has 0 aliphatic heterocycles. The summed E-state index contributed by atoms with van der Waals surface area (Å²) in [4.78, 5) is 0. The van der Waals surface area contributed by atoms with Crippen molar-refractivity contribution in [3.05, 3.63) is 69.8 Å². The zero-order valence-corrected chi connectivity index (χ0v) is 12.8. The fourth-order valence-electron chi connectivity index (χ4n) is 2.82. The molecule has 0 aliphatic rings. The molecule has 0 amide bonds. The van der Waals surface area contributed by atoms with Gasteiger partial charge in [0.2, 0.25) is 0 Å². The summed E-state index contributed by atoms with van der Waals surface area (Å²) in [5.41, 5.74) is 19.9. The summed E-state index contributed by atoms with van der Waals surface area (Å²) in [5, 5.41) is 0. The van der Waals surface area contributed by atoms with Crippen LogP contribution in [-0.4, -0.2) is 0 Å². The average molecular weight is 268 g/mol. The lowest BCUT2D eigenvalue weighted by atomic mass is 9.91. The van der Waals surface area contributed by atoms with E-state index in [2.05, 4.69) is 64.1 Å². The number of benzene rings is 2. The highest BCUT2D eigenvalue weighted by atomic mass is 14.8. The maximum Gasteiger partial charge on any atom is 0.0491 e. The van der Waals surface area contributed by atoms with Crippen LogP contribution in [0.5, 0.6) is 0 Å². The van der Waals surface area contributed by atoms with Crippen molar-refractivity contribution in [1.29, 1.82) is 0 Å². The Labute approximate surface area is 121 Å². The Morgan fingerprint density at radius 1 is 0.550 bits per heavy atom. The third kappa shape index (κ3) is 3.27. The molecule has 0 spiro atoms. The van der Waals surface area contributed by atoms with Gasteiger partial charge in [0.05, 0.1) is 0 Å². The molecule has 2 aromatic rings. The van der Waals surface area contributed by atoms with Crippen molar-refractivity contribution in [2.45, 2.75) is 39.8 Å². The SMILES string of the molecule is Cc1cc(C)cc([C@H](N)[C@@H](N)c2cc(C)cc(C)c2)c1. The van der Waals surface area contributed by atoms with Crippen LogP contribution in [0.25, 0.3) is 0 Å². The maximum atomic E-state index is 6.38. The third-order valence-electron chi connectivity index (χ3n) is 3.64. The standard InChI is InChI=1S/C18H24N2/c1-11-5-12(2)8-15(7-11)17(19)18(20)16-9-13(3)6-14(4)10-16/h5-10,17-18H,19-20H2,1-4H3/t17-,18-/m0/s1. The minimum absolute atomic E-state index is 0.185. The van der Waals surface area contributed by atoms with E-state index >= 15 is 0 Å². The molecule has 0 aliphatic carbocycles. The Hall–Kier alpha value is -1.64. The molecule has 0 saturated carbocycles. The van der Waals surface area contributed by atoms with E-state index in [1.165, 1.54) is 22.3 Å².